The maximum absolute atomic E-state index is 10.8. The quantitative estimate of drug-likeness (QED) is 0.527. The molecule has 5 heteroatoms. The number of benzene rings is 1. The predicted octanol–water partition coefficient (Wildman–Crippen LogP) is 3.27. The Kier molecular flexibility index (Phi) is 4.32. The van der Waals surface area contributed by atoms with Crippen LogP contribution in [-0.4, -0.2) is 23.1 Å². The van der Waals surface area contributed by atoms with Crippen molar-refractivity contribution in [3.05, 3.63) is 45.5 Å². The molecule has 1 heterocycles. The van der Waals surface area contributed by atoms with Gasteiger partial charge in [-0.2, -0.15) is 0 Å². The van der Waals surface area contributed by atoms with E-state index < -0.39 is 4.92 Å². The lowest BCUT2D eigenvalue weighted by atomic mass is 9.83. The van der Waals surface area contributed by atoms with E-state index in [0.717, 1.165) is 25.2 Å². The van der Waals surface area contributed by atoms with E-state index in [1.807, 2.05) is 0 Å². The summed E-state index contributed by atoms with van der Waals surface area (Å²) in [5.74, 6) is 0. The Balaban J connectivity index is 2.24. The van der Waals surface area contributed by atoms with Crippen molar-refractivity contribution < 1.29 is 10.0 Å². The number of aliphatic hydroxyl groups is 1. The number of non-ortho nitro benzene ring substituents is 1. The molecule has 1 aromatic carbocycles. The molecule has 0 amide bonds. The van der Waals surface area contributed by atoms with Gasteiger partial charge in [-0.15, -0.1) is 0 Å². The second kappa shape index (κ2) is 5.85. The third-order valence-corrected chi connectivity index (χ3v) is 3.96. The molecule has 0 radical (unpaired) electrons. The highest BCUT2D eigenvalue weighted by atomic mass is 16.6. The number of nitro benzene ring substituents is 1. The number of aliphatic hydroxyl groups excluding tert-OH is 1. The van der Waals surface area contributed by atoms with Gasteiger partial charge in [-0.25, -0.2) is 0 Å². The van der Waals surface area contributed by atoms with E-state index in [2.05, 4.69) is 31.7 Å². The first-order valence-corrected chi connectivity index (χ1v) is 7.15. The second-order valence-electron chi connectivity index (χ2n) is 6.40. The van der Waals surface area contributed by atoms with E-state index in [9.17, 15) is 15.2 Å². The molecule has 114 valence electrons. The Hall–Kier alpha value is -1.88. The van der Waals surface area contributed by atoms with Crippen LogP contribution in [0.25, 0.3) is 0 Å². The van der Waals surface area contributed by atoms with Crippen LogP contribution in [0.3, 0.4) is 0 Å². The maximum atomic E-state index is 10.8. The highest BCUT2D eigenvalue weighted by Gasteiger charge is 2.23. The molecule has 0 saturated heterocycles. The van der Waals surface area contributed by atoms with Crippen molar-refractivity contribution in [1.29, 1.82) is 0 Å². The van der Waals surface area contributed by atoms with E-state index in [0.29, 0.717) is 5.56 Å². The van der Waals surface area contributed by atoms with E-state index in [4.69, 9.17) is 0 Å². The largest absolute Gasteiger partial charge is 0.392 e. The van der Waals surface area contributed by atoms with Crippen LogP contribution in [0, 0.1) is 15.5 Å². The molecule has 2 rings (SSSR count). The maximum Gasteiger partial charge on any atom is 0.269 e. The van der Waals surface area contributed by atoms with Gasteiger partial charge in [0, 0.05) is 36.5 Å². The van der Waals surface area contributed by atoms with Crippen molar-refractivity contribution in [2.24, 2.45) is 5.41 Å². The van der Waals surface area contributed by atoms with Gasteiger partial charge in [-0.3, -0.25) is 10.1 Å². The lowest BCUT2D eigenvalue weighted by Gasteiger charge is -2.34. The minimum Gasteiger partial charge on any atom is -0.392 e. The molecule has 0 atom stereocenters. The third-order valence-electron chi connectivity index (χ3n) is 3.96. The van der Waals surface area contributed by atoms with Crippen LogP contribution in [0.15, 0.2) is 29.8 Å². The molecule has 0 bridgehead atoms. The van der Waals surface area contributed by atoms with E-state index in [1.165, 1.54) is 17.7 Å². The molecule has 1 aliphatic heterocycles. The second-order valence-corrected chi connectivity index (χ2v) is 6.40. The fourth-order valence-corrected chi connectivity index (χ4v) is 2.69. The number of nitro groups is 1. The van der Waals surface area contributed by atoms with E-state index >= 15 is 0 Å². The fourth-order valence-electron chi connectivity index (χ4n) is 2.69. The van der Waals surface area contributed by atoms with Gasteiger partial charge in [0.05, 0.1) is 11.5 Å². The summed E-state index contributed by atoms with van der Waals surface area (Å²) in [7, 11) is 0. The lowest BCUT2D eigenvalue weighted by Crippen LogP contribution is -2.31. The highest BCUT2D eigenvalue weighted by molar-refractivity contribution is 5.58. The van der Waals surface area contributed by atoms with Gasteiger partial charge in [0.15, 0.2) is 0 Å². The van der Waals surface area contributed by atoms with Crippen LogP contribution in [0.4, 0.5) is 11.4 Å². The van der Waals surface area contributed by atoms with Gasteiger partial charge in [0.25, 0.3) is 5.69 Å². The van der Waals surface area contributed by atoms with E-state index in [1.54, 1.807) is 6.07 Å². The minimum absolute atomic E-state index is 0.0192. The van der Waals surface area contributed by atoms with Crippen molar-refractivity contribution in [1.82, 2.24) is 0 Å². The summed E-state index contributed by atoms with van der Waals surface area (Å²) in [6.45, 7) is 8.08. The lowest BCUT2D eigenvalue weighted by molar-refractivity contribution is -0.384. The zero-order chi connectivity index (χ0) is 15.6. The molecular formula is C16H22N2O3. The standard InChI is InChI=1S/C16H22N2O3/c1-16(2,3)13-6-8-17(9-7-13)15-5-4-14(18(20)21)10-12(15)11-19/h4-6,10,19H,7-9,11H2,1-3H3. The summed E-state index contributed by atoms with van der Waals surface area (Å²) in [5.41, 5.74) is 3.13. The summed E-state index contributed by atoms with van der Waals surface area (Å²) in [4.78, 5) is 12.5. The smallest absolute Gasteiger partial charge is 0.269 e. The summed E-state index contributed by atoms with van der Waals surface area (Å²) in [5, 5.41) is 20.3. The molecule has 0 aromatic heterocycles. The summed E-state index contributed by atoms with van der Waals surface area (Å²) < 4.78 is 0. The third kappa shape index (κ3) is 3.42. The van der Waals surface area contributed by atoms with Gasteiger partial charge in [0.1, 0.15) is 0 Å². The molecule has 0 spiro atoms. The normalized spacial score (nSPS) is 15.8. The van der Waals surface area contributed by atoms with Gasteiger partial charge in [0.2, 0.25) is 0 Å². The van der Waals surface area contributed by atoms with Crippen LogP contribution in [0.1, 0.15) is 32.8 Å². The molecular weight excluding hydrogens is 268 g/mol. The number of hydrogen-bond donors (Lipinski definition) is 1. The van der Waals surface area contributed by atoms with Crippen molar-refractivity contribution >= 4 is 11.4 Å². The SMILES string of the molecule is CC(C)(C)C1=CCN(c2ccc([N+](=O)[O-])cc2CO)CC1. The summed E-state index contributed by atoms with van der Waals surface area (Å²) >= 11 is 0. The van der Waals surface area contributed by atoms with Crippen LogP contribution in [0.2, 0.25) is 0 Å². The van der Waals surface area contributed by atoms with Gasteiger partial charge >= 0.3 is 0 Å². The van der Waals surface area contributed by atoms with Gasteiger partial charge < -0.3 is 10.0 Å². The van der Waals surface area contributed by atoms with Crippen molar-refractivity contribution in [2.75, 3.05) is 18.0 Å². The van der Waals surface area contributed by atoms with Gasteiger partial charge in [-0.1, -0.05) is 32.4 Å². The van der Waals surface area contributed by atoms with Gasteiger partial charge in [-0.05, 0) is 17.9 Å². The van der Waals surface area contributed by atoms with Crippen LogP contribution in [0.5, 0.6) is 0 Å². The number of hydrogen-bond acceptors (Lipinski definition) is 4. The number of nitrogens with zero attached hydrogens (tertiary/aromatic N) is 2. The summed E-state index contributed by atoms with van der Waals surface area (Å²) in [6.07, 6.45) is 3.21. The van der Waals surface area contributed by atoms with Crippen LogP contribution < -0.4 is 4.90 Å². The Labute approximate surface area is 125 Å². The highest BCUT2D eigenvalue weighted by Crippen LogP contribution is 2.33. The summed E-state index contributed by atoms with van der Waals surface area (Å²) in [6, 6.07) is 4.69. The molecule has 1 N–H and O–H groups in total. The Morgan fingerprint density at radius 2 is 2.10 bits per heavy atom. The Morgan fingerprint density at radius 3 is 2.57 bits per heavy atom. The predicted molar refractivity (Wildman–Crippen MR) is 83.4 cm³/mol. The molecule has 5 nitrogen and oxygen atoms in total. The molecule has 0 fully saturated rings. The van der Waals surface area contributed by atoms with Crippen LogP contribution >= 0.6 is 0 Å². The average molecular weight is 290 g/mol. The molecule has 1 aliphatic rings. The molecule has 1 aromatic rings. The zero-order valence-electron chi connectivity index (χ0n) is 12.8. The zero-order valence-corrected chi connectivity index (χ0v) is 12.8. The minimum atomic E-state index is -0.434. The molecule has 0 aliphatic carbocycles. The Morgan fingerprint density at radius 1 is 1.38 bits per heavy atom. The molecule has 0 unspecified atom stereocenters. The molecule has 21 heavy (non-hydrogen) atoms. The number of rotatable bonds is 3. The van der Waals surface area contributed by atoms with Crippen molar-refractivity contribution in [2.45, 2.75) is 33.8 Å². The Bertz CT molecular complexity index is 573. The first-order valence-electron chi connectivity index (χ1n) is 7.15. The van der Waals surface area contributed by atoms with Crippen molar-refractivity contribution in [3.8, 4) is 0 Å². The number of anilines is 1. The first-order chi connectivity index (χ1) is 9.82. The topological polar surface area (TPSA) is 66.6 Å². The fraction of sp³-hybridized carbons (Fsp3) is 0.500. The average Bonchev–Trinajstić information content (AvgIpc) is 2.45. The van der Waals surface area contributed by atoms with Crippen molar-refractivity contribution in [3.63, 3.8) is 0 Å². The first kappa shape index (κ1) is 15.5. The molecule has 0 saturated carbocycles. The van der Waals surface area contributed by atoms with Crippen LogP contribution in [-0.2, 0) is 6.61 Å². The van der Waals surface area contributed by atoms with E-state index in [-0.39, 0.29) is 17.7 Å². The monoisotopic (exact) mass is 290 g/mol.